The summed E-state index contributed by atoms with van der Waals surface area (Å²) in [4.78, 5) is 12.5. The van der Waals surface area contributed by atoms with E-state index in [2.05, 4.69) is 26.3 Å². The van der Waals surface area contributed by atoms with Crippen LogP contribution < -0.4 is 5.32 Å². The first kappa shape index (κ1) is 17.4. The number of amides is 1. The molecule has 2 aromatic carbocycles. The predicted molar refractivity (Wildman–Crippen MR) is 98.2 cm³/mol. The van der Waals surface area contributed by atoms with Crippen LogP contribution in [0.2, 0.25) is 0 Å². The lowest BCUT2D eigenvalue weighted by Crippen LogP contribution is -2.23. The van der Waals surface area contributed by atoms with Crippen LogP contribution in [0, 0.1) is 5.82 Å². The first-order chi connectivity index (χ1) is 12.1. The number of rotatable bonds is 5. The fourth-order valence-electron chi connectivity index (χ4n) is 2.63. The van der Waals surface area contributed by atoms with E-state index in [9.17, 15) is 9.18 Å². The number of benzene rings is 2. The summed E-state index contributed by atoms with van der Waals surface area (Å²) in [7, 11) is 0. The summed E-state index contributed by atoms with van der Waals surface area (Å²) in [6.07, 6.45) is 2.19. The molecule has 0 aliphatic carbocycles. The van der Waals surface area contributed by atoms with Crippen molar-refractivity contribution in [3.63, 3.8) is 0 Å². The van der Waals surface area contributed by atoms with Gasteiger partial charge in [-0.2, -0.15) is 5.10 Å². The largest absolute Gasteiger partial charge is 0.348 e. The molecule has 0 spiro atoms. The number of aromatic nitrogens is 2. The molecule has 0 saturated carbocycles. The number of hydrogen-bond acceptors (Lipinski definition) is 2. The maximum Gasteiger partial charge on any atom is 0.255 e. The Morgan fingerprint density at radius 2 is 2.00 bits per heavy atom. The van der Waals surface area contributed by atoms with E-state index in [0.29, 0.717) is 18.5 Å². The highest BCUT2D eigenvalue weighted by atomic mass is 79.9. The van der Waals surface area contributed by atoms with Crippen molar-refractivity contribution in [2.75, 3.05) is 0 Å². The highest BCUT2D eigenvalue weighted by Crippen LogP contribution is 2.17. The van der Waals surface area contributed by atoms with Gasteiger partial charge in [0.2, 0.25) is 0 Å². The van der Waals surface area contributed by atoms with Gasteiger partial charge in [0.05, 0.1) is 23.1 Å². The van der Waals surface area contributed by atoms with Crippen LogP contribution >= 0.6 is 15.9 Å². The Morgan fingerprint density at radius 1 is 1.24 bits per heavy atom. The maximum atomic E-state index is 13.1. The number of carbonyl (C=O) groups is 1. The van der Waals surface area contributed by atoms with Crippen LogP contribution in [0.4, 0.5) is 4.39 Å². The predicted octanol–water partition coefficient (Wildman–Crippen LogP) is 4.27. The van der Waals surface area contributed by atoms with Gasteiger partial charge in [-0.1, -0.05) is 35.0 Å². The quantitative estimate of drug-likeness (QED) is 0.693. The van der Waals surface area contributed by atoms with Gasteiger partial charge in [-0.05, 0) is 48.4 Å². The molecule has 0 aliphatic heterocycles. The zero-order valence-corrected chi connectivity index (χ0v) is 15.3. The molecule has 4 nitrogen and oxygen atoms in total. The van der Waals surface area contributed by atoms with E-state index in [4.69, 9.17) is 0 Å². The van der Waals surface area contributed by atoms with Crippen molar-refractivity contribution in [3.8, 4) is 5.69 Å². The van der Waals surface area contributed by atoms with Crippen LogP contribution in [0.5, 0.6) is 0 Å². The molecule has 3 rings (SSSR count). The Hall–Kier alpha value is -2.47. The summed E-state index contributed by atoms with van der Waals surface area (Å²) in [5.41, 5.74) is 3.05. The van der Waals surface area contributed by atoms with E-state index in [1.54, 1.807) is 23.0 Å². The van der Waals surface area contributed by atoms with Crippen LogP contribution in [0.3, 0.4) is 0 Å². The van der Waals surface area contributed by atoms with Gasteiger partial charge in [0, 0.05) is 11.0 Å². The fraction of sp³-hybridized carbons (Fsp3) is 0.158. The molecule has 25 heavy (non-hydrogen) atoms. The third kappa shape index (κ3) is 3.96. The molecule has 128 valence electrons. The zero-order valence-electron chi connectivity index (χ0n) is 13.7. The average Bonchev–Trinajstić information content (AvgIpc) is 3.04. The molecule has 0 bridgehead atoms. The molecule has 1 amide bonds. The van der Waals surface area contributed by atoms with Gasteiger partial charge in [0.1, 0.15) is 5.82 Å². The van der Waals surface area contributed by atoms with Crippen molar-refractivity contribution in [2.24, 2.45) is 0 Å². The smallest absolute Gasteiger partial charge is 0.255 e. The number of nitrogens with zero attached hydrogens (tertiary/aromatic N) is 2. The van der Waals surface area contributed by atoms with Gasteiger partial charge in [-0.3, -0.25) is 4.79 Å². The van der Waals surface area contributed by atoms with Crippen LogP contribution in [-0.4, -0.2) is 15.7 Å². The minimum Gasteiger partial charge on any atom is -0.348 e. The molecule has 0 radical (unpaired) electrons. The van der Waals surface area contributed by atoms with Crippen molar-refractivity contribution in [1.82, 2.24) is 15.1 Å². The Labute approximate surface area is 153 Å². The number of carbonyl (C=O) groups excluding carboxylic acids is 1. The minimum absolute atomic E-state index is 0.176. The van der Waals surface area contributed by atoms with Gasteiger partial charge >= 0.3 is 0 Å². The summed E-state index contributed by atoms with van der Waals surface area (Å²) in [5, 5.41) is 7.22. The molecular formula is C19H17BrFN3O. The van der Waals surface area contributed by atoms with E-state index < -0.39 is 0 Å². The van der Waals surface area contributed by atoms with Gasteiger partial charge in [0.25, 0.3) is 5.91 Å². The summed E-state index contributed by atoms with van der Waals surface area (Å²) in [6, 6.07) is 13.8. The SMILES string of the molecule is CCc1c(C(=O)NCc2cccc(Br)c2)cnn1-c1ccc(F)cc1. The maximum absolute atomic E-state index is 13.1. The Morgan fingerprint density at radius 3 is 2.68 bits per heavy atom. The summed E-state index contributed by atoms with van der Waals surface area (Å²) >= 11 is 3.42. The fourth-order valence-corrected chi connectivity index (χ4v) is 3.08. The van der Waals surface area contributed by atoms with Crippen molar-refractivity contribution >= 4 is 21.8 Å². The third-order valence-electron chi connectivity index (χ3n) is 3.86. The van der Waals surface area contributed by atoms with Crippen LogP contribution in [0.25, 0.3) is 5.69 Å². The second-order valence-electron chi connectivity index (χ2n) is 5.56. The third-order valence-corrected chi connectivity index (χ3v) is 4.35. The molecule has 0 aliphatic rings. The number of nitrogens with one attached hydrogen (secondary N) is 1. The molecule has 0 atom stereocenters. The standard InChI is InChI=1S/C19H17BrFN3O/c1-2-18-17(12-23-24(18)16-8-6-15(21)7-9-16)19(25)22-11-13-4-3-5-14(20)10-13/h3-10,12H,2,11H2,1H3,(H,22,25). The highest BCUT2D eigenvalue weighted by molar-refractivity contribution is 9.10. The average molecular weight is 402 g/mol. The van der Waals surface area contributed by atoms with Crippen molar-refractivity contribution < 1.29 is 9.18 Å². The lowest BCUT2D eigenvalue weighted by Gasteiger charge is -2.09. The molecule has 0 fully saturated rings. The van der Waals surface area contributed by atoms with Crippen LogP contribution in [-0.2, 0) is 13.0 Å². The van der Waals surface area contributed by atoms with E-state index >= 15 is 0 Å². The minimum atomic E-state index is -0.305. The molecule has 0 unspecified atom stereocenters. The van der Waals surface area contributed by atoms with Crippen LogP contribution in [0.1, 0.15) is 28.5 Å². The second-order valence-corrected chi connectivity index (χ2v) is 6.47. The number of halogens is 2. The van der Waals surface area contributed by atoms with E-state index in [1.807, 2.05) is 31.2 Å². The van der Waals surface area contributed by atoms with Gasteiger partial charge in [-0.15, -0.1) is 0 Å². The molecule has 1 heterocycles. The molecule has 1 aromatic heterocycles. The molecule has 3 aromatic rings. The molecule has 1 N–H and O–H groups in total. The Bertz CT molecular complexity index is 890. The van der Waals surface area contributed by atoms with Gasteiger partial charge in [0.15, 0.2) is 0 Å². The first-order valence-electron chi connectivity index (χ1n) is 7.94. The molecular weight excluding hydrogens is 385 g/mol. The Balaban J connectivity index is 1.80. The lowest BCUT2D eigenvalue weighted by molar-refractivity contribution is 0.0950. The topological polar surface area (TPSA) is 46.9 Å². The van der Waals surface area contributed by atoms with Crippen molar-refractivity contribution in [1.29, 1.82) is 0 Å². The summed E-state index contributed by atoms with van der Waals surface area (Å²) < 4.78 is 15.8. The van der Waals surface area contributed by atoms with E-state index in [-0.39, 0.29) is 11.7 Å². The van der Waals surface area contributed by atoms with Gasteiger partial charge < -0.3 is 5.32 Å². The monoisotopic (exact) mass is 401 g/mol. The lowest BCUT2D eigenvalue weighted by atomic mass is 10.1. The summed E-state index contributed by atoms with van der Waals surface area (Å²) in [5.74, 6) is -0.480. The normalized spacial score (nSPS) is 10.7. The van der Waals surface area contributed by atoms with Crippen LogP contribution in [0.15, 0.2) is 59.2 Å². The second kappa shape index (κ2) is 7.61. The highest BCUT2D eigenvalue weighted by Gasteiger charge is 2.17. The summed E-state index contributed by atoms with van der Waals surface area (Å²) in [6.45, 7) is 2.39. The molecule has 0 saturated heterocycles. The van der Waals surface area contributed by atoms with Gasteiger partial charge in [-0.25, -0.2) is 9.07 Å². The van der Waals surface area contributed by atoms with Crippen molar-refractivity contribution in [3.05, 3.63) is 81.8 Å². The van der Waals surface area contributed by atoms with Crippen molar-refractivity contribution in [2.45, 2.75) is 19.9 Å². The zero-order chi connectivity index (χ0) is 17.8. The van der Waals surface area contributed by atoms with E-state index in [1.165, 1.54) is 12.1 Å². The number of hydrogen-bond donors (Lipinski definition) is 1. The van der Waals surface area contributed by atoms with E-state index in [0.717, 1.165) is 21.4 Å². The first-order valence-corrected chi connectivity index (χ1v) is 8.73. The molecule has 6 heteroatoms. The Kier molecular flexibility index (Phi) is 5.28.